The number of ketones is 1. The minimum Gasteiger partial charge on any atom is -0.469 e. The first-order valence-electron chi connectivity index (χ1n) is 5.55. The molecule has 0 aliphatic carbocycles. The number of esters is 1. The lowest BCUT2D eigenvalue weighted by atomic mass is 9.85. The zero-order valence-corrected chi connectivity index (χ0v) is 11.1. The molecule has 0 rings (SSSR count). The van der Waals surface area contributed by atoms with Gasteiger partial charge in [0.15, 0.2) is 5.78 Å². The molecule has 4 nitrogen and oxygen atoms in total. The number of Topliss-reactive ketones (excluding diaryl/α,β-unsaturated/α-hetero) is 1. The van der Waals surface area contributed by atoms with Crippen LogP contribution >= 0.6 is 0 Å². The maximum atomic E-state index is 12.1. The second kappa shape index (κ2) is 5.99. The Kier molecular flexibility index (Phi) is 5.65. The quantitative estimate of drug-likeness (QED) is 0.726. The topological polar surface area (TPSA) is 55.4 Å². The molecule has 0 aliphatic heterocycles. The highest BCUT2D eigenvalue weighted by Gasteiger charge is 2.31. The van der Waals surface area contributed by atoms with Gasteiger partial charge in [-0.15, -0.1) is 0 Å². The first-order chi connectivity index (χ1) is 7.18. The van der Waals surface area contributed by atoms with E-state index in [9.17, 15) is 9.59 Å². The molecule has 1 atom stereocenters. The van der Waals surface area contributed by atoms with E-state index < -0.39 is 11.5 Å². The van der Waals surface area contributed by atoms with Crippen LogP contribution in [0.1, 0.15) is 41.0 Å². The molecule has 94 valence electrons. The predicted octanol–water partition coefficient (Wildman–Crippen LogP) is 1.53. The van der Waals surface area contributed by atoms with Crippen molar-refractivity contribution >= 4 is 11.8 Å². The fraction of sp³-hybridized carbons (Fsp3) is 0.833. The van der Waals surface area contributed by atoms with Gasteiger partial charge < -0.3 is 10.1 Å². The number of carbonyl (C=O) groups excluding carboxylic acids is 2. The largest absolute Gasteiger partial charge is 0.469 e. The van der Waals surface area contributed by atoms with Crippen molar-refractivity contribution in [2.75, 3.05) is 7.11 Å². The standard InChI is InChI=1S/C12H23NO3/c1-8(2)13-9(7-10(14)16-6)11(15)12(3,4)5/h8-9,13H,7H2,1-6H3. The SMILES string of the molecule is COC(=O)CC(NC(C)C)C(=O)C(C)(C)C. The van der Waals surface area contributed by atoms with Crippen molar-refractivity contribution in [2.24, 2.45) is 5.41 Å². The molecule has 0 spiro atoms. The minimum absolute atomic E-state index is 0.0339. The van der Waals surface area contributed by atoms with Crippen LogP contribution in [-0.4, -0.2) is 30.9 Å². The molecule has 0 saturated carbocycles. The van der Waals surface area contributed by atoms with Gasteiger partial charge in [0.2, 0.25) is 0 Å². The maximum absolute atomic E-state index is 12.1. The number of ether oxygens (including phenoxy) is 1. The van der Waals surface area contributed by atoms with E-state index in [4.69, 9.17) is 0 Å². The van der Waals surface area contributed by atoms with Crippen LogP contribution in [0, 0.1) is 5.41 Å². The summed E-state index contributed by atoms with van der Waals surface area (Å²) >= 11 is 0. The molecule has 0 fully saturated rings. The van der Waals surface area contributed by atoms with Crippen LogP contribution in [0.5, 0.6) is 0 Å². The molecular formula is C12H23NO3. The van der Waals surface area contributed by atoms with Crippen molar-refractivity contribution in [1.82, 2.24) is 5.32 Å². The van der Waals surface area contributed by atoms with Crippen LogP contribution in [0.15, 0.2) is 0 Å². The van der Waals surface area contributed by atoms with Gasteiger partial charge in [0.1, 0.15) is 0 Å². The molecule has 0 aromatic carbocycles. The van der Waals surface area contributed by atoms with E-state index in [2.05, 4.69) is 10.1 Å². The van der Waals surface area contributed by atoms with Crippen LogP contribution in [-0.2, 0) is 14.3 Å². The molecule has 4 heteroatoms. The van der Waals surface area contributed by atoms with Gasteiger partial charge >= 0.3 is 5.97 Å². The lowest BCUT2D eigenvalue weighted by Gasteiger charge is -2.26. The van der Waals surface area contributed by atoms with E-state index in [1.807, 2.05) is 34.6 Å². The molecule has 0 aromatic rings. The van der Waals surface area contributed by atoms with E-state index in [0.717, 1.165) is 0 Å². The Bertz CT molecular complexity index is 253. The molecule has 0 heterocycles. The number of carbonyl (C=O) groups is 2. The molecule has 16 heavy (non-hydrogen) atoms. The predicted molar refractivity (Wildman–Crippen MR) is 63.2 cm³/mol. The Hall–Kier alpha value is -0.900. The third-order valence-corrected chi connectivity index (χ3v) is 2.19. The molecule has 0 aromatic heterocycles. The average molecular weight is 229 g/mol. The van der Waals surface area contributed by atoms with Crippen LogP contribution in [0.4, 0.5) is 0 Å². The summed E-state index contributed by atoms with van der Waals surface area (Å²) in [5, 5.41) is 3.10. The number of hydrogen-bond acceptors (Lipinski definition) is 4. The summed E-state index contributed by atoms with van der Waals surface area (Å²) in [6.45, 7) is 9.44. The highest BCUT2D eigenvalue weighted by molar-refractivity contribution is 5.91. The Balaban J connectivity index is 4.67. The lowest BCUT2D eigenvalue weighted by Crippen LogP contribution is -2.47. The van der Waals surface area contributed by atoms with E-state index in [-0.39, 0.29) is 24.2 Å². The Morgan fingerprint density at radius 2 is 1.75 bits per heavy atom. The van der Waals surface area contributed by atoms with E-state index in [0.29, 0.717) is 0 Å². The van der Waals surface area contributed by atoms with Gasteiger partial charge in [-0.2, -0.15) is 0 Å². The van der Waals surface area contributed by atoms with Crippen molar-refractivity contribution in [1.29, 1.82) is 0 Å². The summed E-state index contributed by atoms with van der Waals surface area (Å²) in [5.74, 6) is -0.331. The summed E-state index contributed by atoms with van der Waals surface area (Å²) in [6.07, 6.45) is 0.0881. The maximum Gasteiger partial charge on any atom is 0.307 e. The van der Waals surface area contributed by atoms with Crippen molar-refractivity contribution < 1.29 is 14.3 Å². The zero-order valence-electron chi connectivity index (χ0n) is 11.1. The third kappa shape index (κ3) is 5.26. The smallest absolute Gasteiger partial charge is 0.307 e. The van der Waals surface area contributed by atoms with Crippen molar-refractivity contribution in [3.63, 3.8) is 0 Å². The molecular weight excluding hydrogens is 206 g/mol. The summed E-state index contributed by atoms with van der Waals surface area (Å²) < 4.78 is 4.59. The van der Waals surface area contributed by atoms with Crippen LogP contribution in [0.3, 0.4) is 0 Å². The van der Waals surface area contributed by atoms with Crippen molar-refractivity contribution in [3.8, 4) is 0 Å². The Morgan fingerprint density at radius 1 is 1.25 bits per heavy atom. The molecule has 1 unspecified atom stereocenters. The average Bonchev–Trinajstić information content (AvgIpc) is 2.13. The first kappa shape index (κ1) is 15.1. The number of rotatable bonds is 5. The fourth-order valence-electron chi connectivity index (χ4n) is 1.40. The Labute approximate surface area is 97.7 Å². The first-order valence-corrected chi connectivity index (χ1v) is 5.55. The van der Waals surface area contributed by atoms with E-state index in [1.165, 1.54) is 7.11 Å². The molecule has 0 radical (unpaired) electrons. The zero-order chi connectivity index (χ0) is 12.9. The van der Waals surface area contributed by atoms with Gasteiger partial charge in [0.05, 0.1) is 19.6 Å². The summed E-state index contributed by atoms with van der Waals surface area (Å²) in [6, 6.07) is -0.312. The third-order valence-electron chi connectivity index (χ3n) is 2.19. The van der Waals surface area contributed by atoms with Crippen LogP contribution in [0.25, 0.3) is 0 Å². The number of hydrogen-bond donors (Lipinski definition) is 1. The Morgan fingerprint density at radius 3 is 2.06 bits per heavy atom. The van der Waals surface area contributed by atoms with Gasteiger partial charge in [-0.05, 0) is 0 Å². The molecule has 0 saturated heterocycles. The van der Waals surface area contributed by atoms with Gasteiger partial charge in [-0.25, -0.2) is 0 Å². The van der Waals surface area contributed by atoms with Gasteiger partial charge in [0, 0.05) is 11.5 Å². The number of nitrogens with one attached hydrogen (secondary N) is 1. The van der Waals surface area contributed by atoms with Gasteiger partial charge in [-0.3, -0.25) is 9.59 Å². The normalized spacial score (nSPS) is 13.7. The summed E-state index contributed by atoms with van der Waals surface area (Å²) in [5.41, 5.74) is -0.458. The molecule has 0 bridgehead atoms. The lowest BCUT2D eigenvalue weighted by molar-refractivity contribution is -0.144. The van der Waals surface area contributed by atoms with Crippen LogP contribution in [0.2, 0.25) is 0 Å². The van der Waals surface area contributed by atoms with Crippen molar-refractivity contribution in [3.05, 3.63) is 0 Å². The van der Waals surface area contributed by atoms with E-state index >= 15 is 0 Å². The summed E-state index contributed by atoms with van der Waals surface area (Å²) in [7, 11) is 1.33. The fourth-order valence-corrected chi connectivity index (χ4v) is 1.40. The van der Waals surface area contributed by atoms with Crippen molar-refractivity contribution in [2.45, 2.75) is 53.1 Å². The minimum atomic E-state index is -0.465. The summed E-state index contributed by atoms with van der Waals surface area (Å²) in [4.78, 5) is 23.3. The highest BCUT2D eigenvalue weighted by atomic mass is 16.5. The van der Waals surface area contributed by atoms with Gasteiger partial charge in [0.25, 0.3) is 0 Å². The number of methoxy groups -OCH3 is 1. The molecule has 0 amide bonds. The van der Waals surface area contributed by atoms with Gasteiger partial charge in [-0.1, -0.05) is 34.6 Å². The van der Waals surface area contributed by atoms with Crippen LogP contribution < -0.4 is 5.32 Å². The second-order valence-electron chi connectivity index (χ2n) is 5.27. The van der Waals surface area contributed by atoms with E-state index in [1.54, 1.807) is 0 Å². The monoisotopic (exact) mass is 229 g/mol. The highest BCUT2D eigenvalue weighted by Crippen LogP contribution is 2.18. The molecule has 0 aliphatic rings. The second-order valence-corrected chi connectivity index (χ2v) is 5.27. The molecule has 1 N–H and O–H groups in total.